The van der Waals surface area contributed by atoms with Gasteiger partial charge in [0, 0.05) is 28.8 Å². The zero-order chi connectivity index (χ0) is 15.2. The molecule has 2 rings (SSSR count). The quantitative estimate of drug-likeness (QED) is 0.620. The van der Waals surface area contributed by atoms with Gasteiger partial charge in [-0.1, -0.05) is 15.9 Å². The highest BCUT2D eigenvalue weighted by atomic mass is 79.9. The van der Waals surface area contributed by atoms with Gasteiger partial charge in [0.1, 0.15) is 5.75 Å². The van der Waals surface area contributed by atoms with Crippen molar-refractivity contribution in [3.63, 3.8) is 0 Å². The number of benzene rings is 2. The van der Waals surface area contributed by atoms with Crippen LogP contribution in [0.3, 0.4) is 0 Å². The van der Waals surface area contributed by atoms with Crippen molar-refractivity contribution in [1.29, 1.82) is 0 Å². The van der Waals surface area contributed by atoms with Gasteiger partial charge in [-0.3, -0.25) is 10.1 Å². The van der Waals surface area contributed by atoms with Gasteiger partial charge in [0.2, 0.25) is 0 Å². The second-order valence-electron chi connectivity index (χ2n) is 4.39. The van der Waals surface area contributed by atoms with Crippen LogP contribution in [0.4, 0.5) is 11.4 Å². The van der Waals surface area contributed by atoms with Crippen LogP contribution in [0.15, 0.2) is 46.9 Å². The summed E-state index contributed by atoms with van der Waals surface area (Å²) in [6, 6.07) is 12.5. The van der Waals surface area contributed by atoms with E-state index in [1.165, 1.54) is 6.07 Å². The van der Waals surface area contributed by atoms with Crippen LogP contribution in [0.5, 0.6) is 5.75 Å². The smallest absolute Gasteiger partial charge is 0.270 e. The summed E-state index contributed by atoms with van der Waals surface area (Å²) in [5.74, 6) is 0.821. The van der Waals surface area contributed by atoms with E-state index >= 15 is 0 Å². The Hall–Kier alpha value is -2.08. The van der Waals surface area contributed by atoms with Crippen molar-refractivity contribution in [3.05, 3.63) is 62.6 Å². The fraction of sp³-hybridized carbons (Fsp3) is 0.200. The first-order valence-electron chi connectivity index (χ1n) is 6.49. The molecule has 1 N–H and O–H groups in total. The Morgan fingerprint density at radius 3 is 2.57 bits per heavy atom. The van der Waals surface area contributed by atoms with E-state index in [0.717, 1.165) is 17.0 Å². The molecule has 2 aromatic rings. The SMILES string of the molecule is CCOc1ccc(NCc2cc(Br)cc([N+](=O)[O-])c2)cc1. The van der Waals surface area contributed by atoms with Gasteiger partial charge < -0.3 is 10.1 Å². The number of nitrogens with zero attached hydrogens (tertiary/aromatic N) is 1. The molecule has 110 valence electrons. The molecule has 0 aliphatic rings. The fourth-order valence-electron chi connectivity index (χ4n) is 1.88. The van der Waals surface area contributed by atoms with Gasteiger partial charge in [-0.15, -0.1) is 0 Å². The molecule has 0 unspecified atom stereocenters. The molecule has 0 spiro atoms. The molecule has 2 aromatic carbocycles. The van der Waals surface area contributed by atoms with Crippen molar-refractivity contribution in [2.75, 3.05) is 11.9 Å². The standard InChI is InChI=1S/C15H15BrN2O3/c1-2-21-15-5-3-13(4-6-15)17-10-11-7-12(16)9-14(8-11)18(19)20/h3-9,17H,2,10H2,1H3. The van der Waals surface area contributed by atoms with E-state index in [9.17, 15) is 10.1 Å². The van der Waals surface area contributed by atoms with E-state index in [1.807, 2.05) is 37.3 Å². The largest absolute Gasteiger partial charge is 0.494 e. The van der Waals surface area contributed by atoms with Crippen molar-refractivity contribution in [3.8, 4) is 5.75 Å². The van der Waals surface area contributed by atoms with Crippen LogP contribution in [0.25, 0.3) is 0 Å². The number of hydrogen-bond donors (Lipinski definition) is 1. The summed E-state index contributed by atoms with van der Waals surface area (Å²) in [4.78, 5) is 10.4. The summed E-state index contributed by atoms with van der Waals surface area (Å²) in [5, 5.41) is 14.1. The fourth-order valence-corrected chi connectivity index (χ4v) is 2.41. The molecule has 0 radical (unpaired) electrons. The predicted molar refractivity (Wildman–Crippen MR) is 85.7 cm³/mol. The molecule has 0 amide bonds. The summed E-state index contributed by atoms with van der Waals surface area (Å²) in [6.45, 7) is 3.08. The van der Waals surface area contributed by atoms with E-state index in [2.05, 4.69) is 21.2 Å². The molecule has 0 heterocycles. The molecular formula is C15H15BrN2O3. The van der Waals surface area contributed by atoms with Crippen LogP contribution in [-0.2, 0) is 6.54 Å². The van der Waals surface area contributed by atoms with Gasteiger partial charge in [-0.2, -0.15) is 0 Å². The van der Waals surface area contributed by atoms with Gasteiger partial charge in [-0.05, 0) is 42.8 Å². The molecular weight excluding hydrogens is 336 g/mol. The molecule has 0 aromatic heterocycles. The lowest BCUT2D eigenvalue weighted by molar-refractivity contribution is -0.385. The number of anilines is 1. The lowest BCUT2D eigenvalue weighted by atomic mass is 10.2. The number of nitrogens with one attached hydrogen (secondary N) is 1. The number of ether oxygens (including phenoxy) is 1. The van der Waals surface area contributed by atoms with E-state index in [4.69, 9.17) is 4.74 Å². The number of rotatable bonds is 6. The minimum absolute atomic E-state index is 0.0767. The molecule has 0 aliphatic carbocycles. The first-order chi connectivity index (χ1) is 10.1. The molecule has 0 bridgehead atoms. The Morgan fingerprint density at radius 2 is 1.95 bits per heavy atom. The lowest BCUT2D eigenvalue weighted by Crippen LogP contribution is -2.00. The Kier molecular flexibility index (Phi) is 5.16. The highest BCUT2D eigenvalue weighted by Gasteiger charge is 2.08. The molecule has 0 saturated carbocycles. The maximum atomic E-state index is 10.8. The number of hydrogen-bond acceptors (Lipinski definition) is 4. The zero-order valence-corrected chi connectivity index (χ0v) is 13.1. The van der Waals surface area contributed by atoms with Crippen LogP contribution >= 0.6 is 15.9 Å². The van der Waals surface area contributed by atoms with Crippen LogP contribution in [-0.4, -0.2) is 11.5 Å². The highest BCUT2D eigenvalue weighted by Crippen LogP contribution is 2.22. The van der Waals surface area contributed by atoms with Crippen molar-refractivity contribution in [1.82, 2.24) is 0 Å². The van der Waals surface area contributed by atoms with Gasteiger partial charge >= 0.3 is 0 Å². The normalized spacial score (nSPS) is 10.2. The Bertz CT molecular complexity index is 629. The van der Waals surface area contributed by atoms with Crippen molar-refractivity contribution in [2.45, 2.75) is 13.5 Å². The third-order valence-electron chi connectivity index (χ3n) is 2.82. The Morgan fingerprint density at radius 1 is 1.24 bits per heavy atom. The molecule has 21 heavy (non-hydrogen) atoms. The minimum Gasteiger partial charge on any atom is -0.494 e. The van der Waals surface area contributed by atoms with E-state index in [-0.39, 0.29) is 5.69 Å². The maximum absolute atomic E-state index is 10.8. The number of nitro groups is 1. The second kappa shape index (κ2) is 7.08. The number of non-ortho nitro benzene ring substituents is 1. The van der Waals surface area contributed by atoms with E-state index < -0.39 is 4.92 Å². The van der Waals surface area contributed by atoms with Crippen LogP contribution < -0.4 is 10.1 Å². The molecule has 0 aliphatic heterocycles. The van der Waals surface area contributed by atoms with E-state index in [0.29, 0.717) is 17.6 Å². The zero-order valence-electron chi connectivity index (χ0n) is 11.5. The molecule has 0 fully saturated rings. The topological polar surface area (TPSA) is 64.4 Å². The average Bonchev–Trinajstić information content (AvgIpc) is 2.46. The summed E-state index contributed by atoms with van der Waals surface area (Å²) >= 11 is 3.29. The van der Waals surface area contributed by atoms with Crippen molar-refractivity contribution < 1.29 is 9.66 Å². The Balaban J connectivity index is 2.04. The van der Waals surface area contributed by atoms with Gasteiger partial charge in [0.25, 0.3) is 5.69 Å². The summed E-state index contributed by atoms with van der Waals surface area (Å²) in [6.07, 6.45) is 0. The van der Waals surface area contributed by atoms with E-state index in [1.54, 1.807) is 6.07 Å². The lowest BCUT2D eigenvalue weighted by Gasteiger charge is -2.08. The number of halogens is 1. The third-order valence-corrected chi connectivity index (χ3v) is 3.27. The molecule has 0 atom stereocenters. The Labute approximate surface area is 131 Å². The third kappa shape index (κ3) is 4.46. The van der Waals surface area contributed by atoms with Gasteiger partial charge in [0.15, 0.2) is 0 Å². The van der Waals surface area contributed by atoms with Crippen molar-refractivity contribution in [2.24, 2.45) is 0 Å². The first-order valence-corrected chi connectivity index (χ1v) is 7.28. The van der Waals surface area contributed by atoms with Crippen molar-refractivity contribution >= 4 is 27.3 Å². The maximum Gasteiger partial charge on any atom is 0.270 e. The average molecular weight is 351 g/mol. The molecule has 6 heteroatoms. The predicted octanol–water partition coefficient (Wildman–Crippen LogP) is 4.37. The van der Waals surface area contributed by atoms with Crippen LogP contribution in [0, 0.1) is 10.1 Å². The van der Waals surface area contributed by atoms with Crippen LogP contribution in [0.2, 0.25) is 0 Å². The minimum atomic E-state index is -0.398. The van der Waals surface area contributed by atoms with Gasteiger partial charge in [-0.25, -0.2) is 0 Å². The van der Waals surface area contributed by atoms with Gasteiger partial charge in [0.05, 0.1) is 11.5 Å². The second-order valence-corrected chi connectivity index (χ2v) is 5.30. The highest BCUT2D eigenvalue weighted by molar-refractivity contribution is 9.10. The monoisotopic (exact) mass is 350 g/mol. The molecule has 0 saturated heterocycles. The molecule has 5 nitrogen and oxygen atoms in total. The van der Waals surface area contributed by atoms with Crippen LogP contribution in [0.1, 0.15) is 12.5 Å². The summed E-state index contributed by atoms with van der Waals surface area (Å²) in [7, 11) is 0. The summed E-state index contributed by atoms with van der Waals surface area (Å²) < 4.78 is 6.07. The first kappa shape index (κ1) is 15.3. The number of nitro benzene ring substituents is 1. The summed E-state index contributed by atoms with van der Waals surface area (Å²) in [5.41, 5.74) is 1.85.